The van der Waals surface area contributed by atoms with E-state index in [2.05, 4.69) is 15.4 Å². The number of rotatable bonds is 5. The van der Waals surface area contributed by atoms with Gasteiger partial charge in [-0.2, -0.15) is 4.80 Å². The summed E-state index contributed by atoms with van der Waals surface area (Å²) in [6.45, 7) is 3.95. The highest BCUT2D eigenvalue weighted by molar-refractivity contribution is 5.97. The van der Waals surface area contributed by atoms with Crippen molar-refractivity contribution in [1.29, 1.82) is 0 Å². The minimum absolute atomic E-state index is 0.0756. The first-order valence-corrected chi connectivity index (χ1v) is 9.65. The predicted molar refractivity (Wildman–Crippen MR) is 109 cm³/mol. The maximum atomic E-state index is 13.4. The Kier molecular flexibility index (Phi) is 4.50. The number of fused-ring (bicyclic) bond motifs is 1. The van der Waals surface area contributed by atoms with Gasteiger partial charge in [0.15, 0.2) is 17.3 Å². The molecule has 0 amide bonds. The van der Waals surface area contributed by atoms with Gasteiger partial charge in [-0.3, -0.25) is 4.79 Å². The molecule has 0 radical (unpaired) electrons. The lowest BCUT2D eigenvalue weighted by Gasteiger charge is -2.10. The van der Waals surface area contributed by atoms with Crippen LogP contribution in [0.15, 0.2) is 48.5 Å². The van der Waals surface area contributed by atoms with E-state index in [1.165, 1.54) is 16.9 Å². The van der Waals surface area contributed by atoms with Crippen LogP contribution < -0.4 is 9.47 Å². The second-order valence-electron chi connectivity index (χ2n) is 7.23. The van der Waals surface area contributed by atoms with Crippen LogP contribution in [0, 0.1) is 19.7 Å². The van der Waals surface area contributed by atoms with E-state index >= 15 is 0 Å². The third-order valence-corrected chi connectivity index (χ3v) is 5.17. The summed E-state index contributed by atoms with van der Waals surface area (Å²) in [4.78, 5) is 14.2. The van der Waals surface area contributed by atoms with Crippen molar-refractivity contribution in [2.24, 2.45) is 0 Å². The van der Waals surface area contributed by atoms with Gasteiger partial charge in [-0.15, -0.1) is 10.2 Å². The predicted octanol–water partition coefficient (Wildman–Crippen LogP) is 3.50. The Morgan fingerprint density at radius 3 is 2.77 bits per heavy atom. The largest absolute Gasteiger partial charge is 0.454 e. The zero-order valence-corrected chi connectivity index (χ0v) is 16.9. The molecular formula is C22H18FN5O3. The van der Waals surface area contributed by atoms with E-state index < -0.39 is 0 Å². The molecule has 0 atom stereocenters. The number of tetrazole rings is 1. The lowest BCUT2D eigenvalue weighted by Crippen LogP contribution is -2.14. The molecule has 9 heteroatoms. The molecule has 2 aromatic carbocycles. The molecule has 0 saturated heterocycles. The zero-order valence-electron chi connectivity index (χ0n) is 16.9. The molecule has 1 aliphatic heterocycles. The van der Waals surface area contributed by atoms with Gasteiger partial charge in [-0.25, -0.2) is 4.39 Å². The van der Waals surface area contributed by atoms with E-state index in [9.17, 15) is 9.18 Å². The molecule has 4 aromatic rings. The fraction of sp³-hybridized carbons (Fsp3) is 0.182. The van der Waals surface area contributed by atoms with E-state index in [0.29, 0.717) is 22.6 Å². The van der Waals surface area contributed by atoms with Gasteiger partial charge in [0.25, 0.3) is 0 Å². The van der Waals surface area contributed by atoms with Gasteiger partial charge in [-0.1, -0.05) is 12.1 Å². The summed E-state index contributed by atoms with van der Waals surface area (Å²) in [5.41, 5.74) is 3.66. The van der Waals surface area contributed by atoms with Crippen LogP contribution in [-0.2, 0) is 6.54 Å². The quantitative estimate of drug-likeness (QED) is 0.461. The Hall–Kier alpha value is -4.01. The number of aromatic nitrogens is 5. The highest BCUT2D eigenvalue weighted by atomic mass is 19.1. The van der Waals surface area contributed by atoms with Gasteiger partial charge in [0.05, 0.1) is 0 Å². The van der Waals surface area contributed by atoms with Crippen LogP contribution in [0.2, 0.25) is 0 Å². The van der Waals surface area contributed by atoms with Crippen molar-refractivity contribution in [2.75, 3.05) is 6.79 Å². The SMILES string of the molecule is Cc1cc(C(=O)Cn2nnc(-c3cccc(F)c3)n2)c(C)n1-c1ccc2c(c1)OCO2. The summed E-state index contributed by atoms with van der Waals surface area (Å²) in [6, 6.07) is 13.4. The van der Waals surface area contributed by atoms with Crippen LogP contribution in [0.1, 0.15) is 21.7 Å². The molecule has 0 fully saturated rings. The number of carbonyl (C=O) groups excluding carboxylic acids is 1. The summed E-state index contributed by atoms with van der Waals surface area (Å²) in [6.07, 6.45) is 0. The van der Waals surface area contributed by atoms with E-state index in [0.717, 1.165) is 17.1 Å². The Labute approximate surface area is 176 Å². The number of nitrogens with zero attached hydrogens (tertiary/aromatic N) is 5. The second kappa shape index (κ2) is 7.35. The smallest absolute Gasteiger partial charge is 0.231 e. The van der Waals surface area contributed by atoms with Crippen LogP contribution in [-0.4, -0.2) is 37.4 Å². The summed E-state index contributed by atoms with van der Waals surface area (Å²) in [7, 11) is 0. The summed E-state index contributed by atoms with van der Waals surface area (Å²) < 4.78 is 26.3. The minimum Gasteiger partial charge on any atom is -0.454 e. The number of hydrogen-bond donors (Lipinski definition) is 0. The molecule has 0 aliphatic carbocycles. The summed E-state index contributed by atoms with van der Waals surface area (Å²) in [5.74, 6) is 1.10. The Bertz CT molecular complexity index is 1310. The highest BCUT2D eigenvalue weighted by Crippen LogP contribution is 2.35. The van der Waals surface area contributed by atoms with E-state index in [1.807, 2.05) is 42.7 Å². The normalized spacial score (nSPS) is 12.4. The van der Waals surface area contributed by atoms with Gasteiger partial charge < -0.3 is 14.0 Å². The lowest BCUT2D eigenvalue weighted by molar-refractivity contribution is 0.0961. The van der Waals surface area contributed by atoms with Gasteiger partial charge in [-0.05, 0) is 49.4 Å². The van der Waals surface area contributed by atoms with Crippen LogP contribution in [0.5, 0.6) is 11.5 Å². The molecule has 0 N–H and O–H groups in total. The van der Waals surface area contributed by atoms with Crippen LogP contribution >= 0.6 is 0 Å². The number of ether oxygens (including phenoxy) is 2. The van der Waals surface area contributed by atoms with Crippen molar-refractivity contribution < 1.29 is 18.7 Å². The van der Waals surface area contributed by atoms with Crippen molar-refractivity contribution in [1.82, 2.24) is 24.8 Å². The molecule has 1 aliphatic rings. The Balaban J connectivity index is 1.40. The molecule has 156 valence electrons. The summed E-state index contributed by atoms with van der Waals surface area (Å²) >= 11 is 0. The first-order valence-electron chi connectivity index (χ1n) is 9.65. The number of Topliss-reactive ketones (excluding diaryl/α,β-unsaturated/α-hetero) is 1. The van der Waals surface area contributed by atoms with Gasteiger partial charge >= 0.3 is 0 Å². The number of ketones is 1. The van der Waals surface area contributed by atoms with Crippen molar-refractivity contribution in [3.05, 3.63) is 71.3 Å². The first-order chi connectivity index (χ1) is 15.0. The zero-order chi connectivity index (χ0) is 21.5. The Morgan fingerprint density at radius 2 is 1.94 bits per heavy atom. The Morgan fingerprint density at radius 1 is 1.10 bits per heavy atom. The molecular weight excluding hydrogens is 401 g/mol. The van der Waals surface area contributed by atoms with Crippen molar-refractivity contribution in [2.45, 2.75) is 20.4 Å². The average Bonchev–Trinajstić information content (AvgIpc) is 3.46. The molecule has 0 saturated carbocycles. The third kappa shape index (κ3) is 3.43. The van der Waals surface area contributed by atoms with Gasteiger partial charge in [0, 0.05) is 34.3 Å². The van der Waals surface area contributed by atoms with Crippen LogP contribution in [0.3, 0.4) is 0 Å². The third-order valence-electron chi connectivity index (χ3n) is 5.17. The van der Waals surface area contributed by atoms with Crippen molar-refractivity contribution in [3.63, 3.8) is 0 Å². The molecule has 0 spiro atoms. The number of halogens is 1. The van der Waals surface area contributed by atoms with E-state index in [-0.39, 0.29) is 30.8 Å². The number of benzene rings is 2. The summed E-state index contributed by atoms with van der Waals surface area (Å²) in [5, 5.41) is 12.1. The average molecular weight is 419 g/mol. The topological polar surface area (TPSA) is 84.1 Å². The molecule has 0 unspecified atom stereocenters. The fourth-order valence-corrected chi connectivity index (χ4v) is 3.73. The van der Waals surface area contributed by atoms with E-state index in [4.69, 9.17) is 9.47 Å². The van der Waals surface area contributed by atoms with Crippen LogP contribution in [0.4, 0.5) is 4.39 Å². The van der Waals surface area contributed by atoms with Gasteiger partial charge in [0.1, 0.15) is 12.4 Å². The molecule has 3 heterocycles. The number of aryl methyl sites for hydroxylation is 1. The molecule has 31 heavy (non-hydrogen) atoms. The molecule has 5 rings (SSSR count). The first kappa shape index (κ1) is 19.0. The lowest BCUT2D eigenvalue weighted by atomic mass is 10.1. The van der Waals surface area contributed by atoms with E-state index in [1.54, 1.807) is 12.1 Å². The second-order valence-corrected chi connectivity index (χ2v) is 7.23. The standard InChI is InChI=1S/C22H18FN5O3/c1-13-8-18(14(2)28(13)17-6-7-20-21(10-17)31-12-30-20)19(29)11-27-25-22(24-26-27)15-4-3-5-16(23)9-15/h3-10H,11-12H2,1-2H3. The monoisotopic (exact) mass is 419 g/mol. The van der Waals surface area contributed by atoms with Crippen LogP contribution in [0.25, 0.3) is 17.1 Å². The molecule has 2 aromatic heterocycles. The van der Waals surface area contributed by atoms with Crippen molar-refractivity contribution >= 4 is 5.78 Å². The molecule has 8 nitrogen and oxygen atoms in total. The fourth-order valence-electron chi connectivity index (χ4n) is 3.73. The number of carbonyl (C=O) groups is 1. The number of hydrogen-bond acceptors (Lipinski definition) is 6. The molecule has 0 bridgehead atoms. The van der Waals surface area contributed by atoms with Crippen molar-refractivity contribution in [3.8, 4) is 28.6 Å². The maximum absolute atomic E-state index is 13.4. The van der Waals surface area contributed by atoms with Gasteiger partial charge in [0.2, 0.25) is 12.6 Å². The highest BCUT2D eigenvalue weighted by Gasteiger charge is 2.20. The maximum Gasteiger partial charge on any atom is 0.231 e. The minimum atomic E-state index is -0.388.